The standard InChI is InChI=1S/C20H24N6O2S2/c21-25-17(27)15-11-5-1-3-7-13(11)29-19(15)23-9-10-24-20-16(18(28)26-22)12-6-2-4-8-14(12)30-20/h9-10H,1-8,21-22H2,(H,25,27)(H,26,28)/b23-9+,24-10+. The zero-order valence-corrected chi connectivity index (χ0v) is 18.1. The smallest absolute Gasteiger partial charge is 0.268 e. The van der Waals surface area contributed by atoms with Crippen LogP contribution in [0, 0.1) is 0 Å². The fraction of sp³-hybridized carbons (Fsp3) is 0.400. The van der Waals surface area contributed by atoms with Crippen molar-refractivity contribution >= 4 is 56.9 Å². The number of hydrogen-bond acceptors (Lipinski definition) is 8. The van der Waals surface area contributed by atoms with E-state index in [1.807, 2.05) is 0 Å². The maximum Gasteiger partial charge on any atom is 0.268 e. The second-order valence-electron chi connectivity index (χ2n) is 7.29. The average Bonchev–Trinajstić information content (AvgIpc) is 3.33. The molecule has 2 heterocycles. The molecule has 2 amide bonds. The van der Waals surface area contributed by atoms with Crippen LogP contribution in [0.1, 0.15) is 67.3 Å². The van der Waals surface area contributed by atoms with Crippen molar-refractivity contribution in [1.29, 1.82) is 0 Å². The lowest BCUT2D eigenvalue weighted by Gasteiger charge is -2.11. The molecule has 0 unspecified atom stereocenters. The van der Waals surface area contributed by atoms with Crippen molar-refractivity contribution in [2.45, 2.75) is 51.4 Å². The van der Waals surface area contributed by atoms with E-state index in [9.17, 15) is 9.59 Å². The summed E-state index contributed by atoms with van der Waals surface area (Å²) in [6, 6.07) is 0. The van der Waals surface area contributed by atoms with Gasteiger partial charge in [0, 0.05) is 22.2 Å². The number of nitrogens with two attached hydrogens (primary N) is 2. The van der Waals surface area contributed by atoms with Crippen LogP contribution in [0.4, 0.5) is 10.0 Å². The van der Waals surface area contributed by atoms with Crippen molar-refractivity contribution in [2.24, 2.45) is 21.7 Å². The third-order valence-electron chi connectivity index (χ3n) is 5.47. The number of carbonyl (C=O) groups is 2. The summed E-state index contributed by atoms with van der Waals surface area (Å²) >= 11 is 3.06. The Morgan fingerprint density at radius 3 is 1.53 bits per heavy atom. The van der Waals surface area contributed by atoms with Crippen molar-refractivity contribution in [3.8, 4) is 0 Å². The van der Waals surface area contributed by atoms with Crippen LogP contribution >= 0.6 is 22.7 Å². The van der Waals surface area contributed by atoms with Gasteiger partial charge in [-0.25, -0.2) is 21.7 Å². The summed E-state index contributed by atoms with van der Waals surface area (Å²) in [6.07, 6.45) is 11.2. The van der Waals surface area contributed by atoms with Gasteiger partial charge in [0.1, 0.15) is 10.0 Å². The Hall–Kier alpha value is -2.40. The van der Waals surface area contributed by atoms with Gasteiger partial charge in [0.25, 0.3) is 11.8 Å². The number of nitrogens with one attached hydrogen (secondary N) is 2. The van der Waals surface area contributed by atoms with Crippen LogP contribution in [0.15, 0.2) is 9.98 Å². The van der Waals surface area contributed by atoms with Crippen LogP contribution in [0.25, 0.3) is 0 Å². The summed E-state index contributed by atoms with van der Waals surface area (Å²) in [5, 5.41) is 1.28. The number of thiophene rings is 2. The molecule has 30 heavy (non-hydrogen) atoms. The van der Waals surface area contributed by atoms with Gasteiger partial charge in [-0.1, -0.05) is 0 Å². The quantitative estimate of drug-likeness (QED) is 0.244. The number of hydrogen-bond donors (Lipinski definition) is 4. The molecule has 8 nitrogen and oxygen atoms in total. The SMILES string of the molecule is NNC(=O)c1c(/N=C/C=N/c2sc3c(c2C(=O)NN)CCCC3)sc2c1CCCC2. The van der Waals surface area contributed by atoms with Crippen LogP contribution < -0.4 is 22.5 Å². The highest BCUT2D eigenvalue weighted by molar-refractivity contribution is 7.17. The Balaban J connectivity index is 1.61. The predicted octanol–water partition coefficient (Wildman–Crippen LogP) is 2.88. The molecule has 2 aliphatic rings. The zero-order valence-electron chi connectivity index (χ0n) is 16.5. The zero-order chi connectivity index (χ0) is 21.1. The van der Waals surface area contributed by atoms with Crippen molar-refractivity contribution in [3.05, 3.63) is 32.0 Å². The first kappa shape index (κ1) is 20.9. The molecular formula is C20H24N6O2S2. The number of fused-ring (bicyclic) bond motifs is 2. The molecule has 0 saturated carbocycles. The Morgan fingerprint density at radius 1 is 0.733 bits per heavy atom. The minimum absolute atomic E-state index is 0.314. The molecule has 0 atom stereocenters. The summed E-state index contributed by atoms with van der Waals surface area (Å²) in [5.74, 6) is 10.1. The van der Waals surface area contributed by atoms with Gasteiger partial charge in [0.05, 0.1) is 11.1 Å². The van der Waals surface area contributed by atoms with Gasteiger partial charge in [0.2, 0.25) is 0 Å². The Kier molecular flexibility index (Phi) is 6.38. The number of hydrazine groups is 2. The molecule has 0 bridgehead atoms. The summed E-state index contributed by atoms with van der Waals surface area (Å²) in [5.41, 5.74) is 7.72. The van der Waals surface area contributed by atoms with E-state index in [1.165, 1.54) is 32.4 Å². The summed E-state index contributed by atoms with van der Waals surface area (Å²) in [7, 11) is 0. The van der Waals surface area contributed by atoms with Crippen LogP contribution in [-0.2, 0) is 25.7 Å². The lowest BCUT2D eigenvalue weighted by atomic mass is 9.95. The number of amides is 2. The lowest BCUT2D eigenvalue weighted by Crippen LogP contribution is -2.30. The molecule has 0 fully saturated rings. The van der Waals surface area contributed by atoms with E-state index in [0.717, 1.165) is 62.5 Å². The summed E-state index contributed by atoms with van der Waals surface area (Å²) in [6.45, 7) is 0. The molecular weight excluding hydrogens is 420 g/mol. The van der Waals surface area contributed by atoms with Gasteiger partial charge in [-0.2, -0.15) is 0 Å². The lowest BCUT2D eigenvalue weighted by molar-refractivity contribution is 0.0945. The first-order valence-electron chi connectivity index (χ1n) is 10.0. The van der Waals surface area contributed by atoms with Gasteiger partial charge in [-0.3, -0.25) is 20.4 Å². The highest BCUT2D eigenvalue weighted by Gasteiger charge is 2.25. The fourth-order valence-electron chi connectivity index (χ4n) is 4.10. The van der Waals surface area contributed by atoms with Crippen LogP contribution in [0.3, 0.4) is 0 Å². The van der Waals surface area contributed by atoms with Crippen molar-refractivity contribution < 1.29 is 9.59 Å². The van der Waals surface area contributed by atoms with Crippen LogP contribution in [0.2, 0.25) is 0 Å². The number of rotatable bonds is 5. The van der Waals surface area contributed by atoms with Gasteiger partial charge < -0.3 is 0 Å². The molecule has 2 aromatic heterocycles. The molecule has 0 aliphatic heterocycles. The van der Waals surface area contributed by atoms with E-state index >= 15 is 0 Å². The van der Waals surface area contributed by atoms with E-state index in [2.05, 4.69) is 20.8 Å². The highest BCUT2D eigenvalue weighted by atomic mass is 32.1. The largest absolute Gasteiger partial charge is 0.290 e. The van der Waals surface area contributed by atoms with Gasteiger partial charge in [0.15, 0.2) is 0 Å². The van der Waals surface area contributed by atoms with Crippen molar-refractivity contribution in [3.63, 3.8) is 0 Å². The van der Waals surface area contributed by atoms with Crippen LogP contribution in [-0.4, -0.2) is 24.2 Å². The molecule has 10 heteroatoms. The van der Waals surface area contributed by atoms with Crippen LogP contribution in [0.5, 0.6) is 0 Å². The molecule has 2 aliphatic carbocycles. The molecule has 0 aromatic carbocycles. The molecule has 0 spiro atoms. The maximum absolute atomic E-state index is 12.3. The number of carbonyl (C=O) groups excluding carboxylic acids is 2. The molecule has 0 saturated heterocycles. The number of aryl methyl sites for hydroxylation is 2. The second kappa shape index (κ2) is 9.17. The van der Waals surface area contributed by atoms with E-state index < -0.39 is 0 Å². The maximum atomic E-state index is 12.3. The molecule has 158 valence electrons. The Labute approximate surface area is 182 Å². The minimum atomic E-state index is -0.314. The third kappa shape index (κ3) is 3.95. The van der Waals surface area contributed by atoms with Crippen molar-refractivity contribution in [2.75, 3.05) is 0 Å². The average molecular weight is 445 g/mol. The summed E-state index contributed by atoms with van der Waals surface area (Å²) < 4.78 is 0. The van der Waals surface area contributed by atoms with Gasteiger partial charge in [-0.05, 0) is 62.5 Å². The molecule has 4 rings (SSSR count). The molecule has 2 aromatic rings. The first-order chi connectivity index (χ1) is 14.6. The second-order valence-corrected chi connectivity index (χ2v) is 9.45. The topological polar surface area (TPSA) is 135 Å². The van der Waals surface area contributed by atoms with E-state index in [4.69, 9.17) is 11.7 Å². The summed E-state index contributed by atoms with van der Waals surface area (Å²) in [4.78, 5) is 36.0. The van der Waals surface area contributed by atoms with Crippen molar-refractivity contribution in [1.82, 2.24) is 10.9 Å². The third-order valence-corrected chi connectivity index (χ3v) is 7.87. The molecule has 0 radical (unpaired) electrons. The van der Waals surface area contributed by atoms with Gasteiger partial charge in [-0.15, -0.1) is 22.7 Å². The minimum Gasteiger partial charge on any atom is -0.290 e. The fourth-order valence-corrected chi connectivity index (χ4v) is 6.58. The van der Waals surface area contributed by atoms with E-state index in [1.54, 1.807) is 12.4 Å². The highest BCUT2D eigenvalue weighted by Crippen LogP contribution is 2.41. The van der Waals surface area contributed by atoms with E-state index in [-0.39, 0.29) is 11.8 Å². The van der Waals surface area contributed by atoms with Gasteiger partial charge >= 0.3 is 0 Å². The number of nitrogens with zero attached hydrogens (tertiary/aromatic N) is 2. The Bertz CT molecular complexity index is 954. The monoisotopic (exact) mass is 444 g/mol. The first-order valence-corrected chi connectivity index (χ1v) is 11.6. The Morgan fingerprint density at radius 2 is 1.13 bits per heavy atom. The number of aliphatic imine (C=N–C) groups is 2. The predicted molar refractivity (Wildman–Crippen MR) is 122 cm³/mol. The number of nitrogen functional groups attached to an aromatic ring is 2. The normalized spacial score (nSPS) is 15.9. The van der Waals surface area contributed by atoms with E-state index in [0.29, 0.717) is 21.1 Å². The molecule has 6 N–H and O–H groups in total.